The third-order valence-electron chi connectivity index (χ3n) is 1.66. The first-order chi connectivity index (χ1) is 6.31. The number of aromatic nitrogens is 2. The summed E-state index contributed by atoms with van der Waals surface area (Å²) in [4.78, 5) is 8.26. The fraction of sp³-hybridized carbons (Fsp3) is 0. The van der Waals surface area contributed by atoms with E-state index >= 15 is 0 Å². The highest BCUT2D eigenvalue weighted by Crippen LogP contribution is 2.22. The number of hydrazine groups is 1. The summed E-state index contributed by atoms with van der Waals surface area (Å²) in [6.07, 6.45) is 1.67. The molecule has 5 heteroatoms. The summed E-state index contributed by atoms with van der Waals surface area (Å²) >= 11 is 5.94. The topological polar surface area (TPSA) is 63.8 Å². The van der Waals surface area contributed by atoms with E-state index in [1.165, 1.54) is 0 Å². The highest BCUT2D eigenvalue weighted by molar-refractivity contribution is 6.35. The van der Waals surface area contributed by atoms with Crippen molar-refractivity contribution in [3.05, 3.63) is 29.4 Å². The summed E-state index contributed by atoms with van der Waals surface area (Å²) in [6, 6.07) is 5.26. The van der Waals surface area contributed by atoms with E-state index in [0.717, 1.165) is 5.52 Å². The van der Waals surface area contributed by atoms with Crippen LogP contribution in [0.4, 0.5) is 5.82 Å². The van der Waals surface area contributed by atoms with Crippen LogP contribution < -0.4 is 11.3 Å². The van der Waals surface area contributed by atoms with Gasteiger partial charge in [-0.3, -0.25) is 4.98 Å². The molecule has 0 aliphatic heterocycles. The lowest BCUT2D eigenvalue weighted by atomic mass is 10.3. The van der Waals surface area contributed by atoms with Crippen LogP contribution in [-0.4, -0.2) is 9.97 Å². The Balaban J connectivity index is 2.77. The zero-order chi connectivity index (χ0) is 9.26. The van der Waals surface area contributed by atoms with Crippen LogP contribution >= 0.6 is 11.6 Å². The first kappa shape index (κ1) is 8.22. The van der Waals surface area contributed by atoms with E-state index in [4.69, 9.17) is 17.4 Å². The van der Waals surface area contributed by atoms with Gasteiger partial charge in [0.1, 0.15) is 11.3 Å². The molecule has 0 saturated heterocycles. The van der Waals surface area contributed by atoms with E-state index < -0.39 is 0 Å². The minimum absolute atomic E-state index is 0.533. The molecular weight excluding hydrogens is 188 g/mol. The van der Waals surface area contributed by atoms with Crippen LogP contribution in [0.15, 0.2) is 24.4 Å². The first-order valence-electron chi connectivity index (χ1n) is 3.69. The Bertz CT molecular complexity index is 443. The number of fused-ring (bicyclic) bond motifs is 1. The Kier molecular flexibility index (Phi) is 2.00. The predicted molar refractivity (Wildman–Crippen MR) is 52.4 cm³/mol. The third-order valence-corrected chi connectivity index (χ3v) is 1.95. The SMILES string of the molecule is NNc1cc(Cl)c2ncccc2n1. The van der Waals surface area contributed by atoms with E-state index in [0.29, 0.717) is 16.4 Å². The molecule has 2 rings (SSSR count). The lowest BCUT2D eigenvalue weighted by Gasteiger charge is -2.02. The average molecular weight is 195 g/mol. The number of anilines is 1. The molecule has 2 heterocycles. The van der Waals surface area contributed by atoms with Crippen LogP contribution in [0.25, 0.3) is 11.0 Å². The molecule has 0 radical (unpaired) electrons. The van der Waals surface area contributed by atoms with E-state index in [9.17, 15) is 0 Å². The highest BCUT2D eigenvalue weighted by atomic mass is 35.5. The van der Waals surface area contributed by atoms with Crippen molar-refractivity contribution in [2.24, 2.45) is 5.84 Å². The predicted octanol–water partition coefficient (Wildman–Crippen LogP) is 1.57. The lowest BCUT2D eigenvalue weighted by Crippen LogP contribution is -2.08. The van der Waals surface area contributed by atoms with Gasteiger partial charge in [-0.2, -0.15) is 0 Å². The summed E-state index contributed by atoms with van der Waals surface area (Å²) in [7, 11) is 0. The zero-order valence-electron chi connectivity index (χ0n) is 6.66. The molecule has 4 nitrogen and oxygen atoms in total. The molecule has 13 heavy (non-hydrogen) atoms. The van der Waals surface area contributed by atoms with Gasteiger partial charge in [0.05, 0.1) is 10.5 Å². The van der Waals surface area contributed by atoms with Crippen LogP contribution in [0.1, 0.15) is 0 Å². The average Bonchev–Trinajstić information content (AvgIpc) is 2.18. The summed E-state index contributed by atoms with van der Waals surface area (Å²) in [5.74, 6) is 5.75. The molecule has 0 atom stereocenters. The second-order valence-corrected chi connectivity index (χ2v) is 2.91. The molecule has 0 unspecified atom stereocenters. The molecule has 2 aromatic heterocycles. The van der Waals surface area contributed by atoms with E-state index in [-0.39, 0.29) is 0 Å². The van der Waals surface area contributed by atoms with Gasteiger partial charge in [-0.1, -0.05) is 11.6 Å². The maximum absolute atomic E-state index is 5.94. The Labute approximate surface area is 79.7 Å². The van der Waals surface area contributed by atoms with Gasteiger partial charge in [0.15, 0.2) is 0 Å². The molecule has 0 bridgehead atoms. The van der Waals surface area contributed by atoms with Gasteiger partial charge in [0.25, 0.3) is 0 Å². The second-order valence-electron chi connectivity index (χ2n) is 2.50. The molecule has 0 saturated carbocycles. The van der Waals surface area contributed by atoms with Gasteiger partial charge in [-0.05, 0) is 12.1 Å². The van der Waals surface area contributed by atoms with Gasteiger partial charge < -0.3 is 5.43 Å². The van der Waals surface area contributed by atoms with E-state index in [1.54, 1.807) is 18.3 Å². The maximum Gasteiger partial charge on any atom is 0.142 e. The molecule has 0 fully saturated rings. The molecule has 3 N–H and O–H groups in total. The second kappa shape index (κ2) is 3.16. The van der Waals surface area contributed by atoms with Crippen molar-refractivity contribution in [3.63, 3.8) is 0 Å². The minimum atomic E-state index is 0.533. The van der Waals surface area contributed by atoms with Gasteiger partial charge in [-0.25, -0.2) is 10.8 Å². The maximum atomic E-state index is 5.94. The quantitative estimate of drug-likeness (QED) is 0.534. The number of hydrogen-bond acceptors (Lipinski definition) is 4. The molecule has 0 aliphatic rings. The van der Waals surface area contributed by atoms with Gasteiger partial charge >= 0.3 is 0 Å². The first-order valence-corrected chi connectivity index (χ1v) is 4.07. The molecule has 2 aromatic rings. The van der Waals surface area contributed by atoms with Crippen LogP contribution in [0.3, 0.4) is 0 Å². The Morgan fingerprint density at radius 3 is 3.08 bits per heavy atom. The Morgan fingerprint density at radius 2 is 2.31 bits per heavy atom. The fourth-order valence-electron chi connectivity index (χ4n) is 1.10. The van der Waals surface area contributed by atoms with Crippen molar-refractivity contribution in [1.82, 2.24) is 9.97 Å². The minimum Gasteiger partial charge on any atom is -0.308 e. The normalized spacial score (nSPS) is 10.3. The van der Waals surface area contributed by atoms with Crippen LogP contribution in [-0.2, 0) is 0 Å². The number of nitrogen functional groups attached to an aromatic ring is 1. The van der Waals surface area contributed by atoms with Gasteiger partial charge in [-0.15, -0.1) is 0 Å². The van der Waals surface area contributed by atoms with E-state index in [1.807, 2.05) is 6.07 Å². The summed E-state index contributed by atoms with van der Waals surface area (Å²) < 4.78 is 0. The van der Waals surface area contributed by atoms with Gasteiger partial charge in [0, 0.05) is 12.3 Å². The number of nitrogens with two attached hydrogens (primary N) is 1. The number of rotatable bonds is 1. The van der Waals surface area contributed by atoms with Crippen molar-refractivity contribution < 1.29 is 0 Å². The molecular formula is C8H7ClN4. The molecule has 0 aliphatic carbocycles. The summed E-state index contributed by atoms with van der Waals surface area (Å²) in [5.41, 5.74) is 3.85. The van der Waals surface area contributed by atoms with Crippen molar-refractivity contribution in [1.29, 1.82) is 0 Å². The van der Waals surface area contributed by atoms with Crippen LogP contribution in [0.2, 0.25) is 5.02 Å². The van der Waals surface area contributed by atoms with Crippen LogP contribution in [0, 0.1) is 0 Å². The number of nitrogens with zero attached hydrogens (tertiary/aromatic N) is 2. The van der Waals surface area contributed by atoms with Crippen molar-refractivity contribution in [2.45, 2.75) is 0 Å². The standard InChI is InChI=1S/C8H7ClN4/c9-5-4-7(13-10)12-6-2-1-3-11-8(5)6/h1-4H,10H2,(H,12,13). The van der Waals surface area contributed by atoms with Crippen molar-refractivity contribution in [2.75, 3.05) is 5.43 Å². The molecule has 66 valence electrons. The molecule has 0 spiro atoms. The third kappa shape index (κ3) is 1.41. The highest BCUT2D eigenvalue weighted by Gasteiger charge is 2.02. The van der Waals surface area contributed by atoms with Gasteiger partial charge in [0.2, 0.25) is 0 Å². The monoisotopic (exact) mass is 194 g/mol. The summed E-state index contributed by atoms with van der Waals surface area (Å²) in [5, 5.41) is 0.540. The number of nitrogens with one attached hydrogen (secondary N) is 1. The Hall–Kier alpha value is -1.39. The number of halogens is 1. The largest absolute Gasteiger partial charge is 0.308 e. The number of hydrogen-bond donors (Lipinski definition) is 2. The molecule has 0 aromatic carbocycles. The zero-order valence-corrected chi connectivity index (χ0v) is 7.42. The Morgan fingerprint density at radius 1 is 1.46 bits per heavy atom. The smallest absolute Gasteiger partial charge is 0.142 e. The van der Waals surface area contributed by atoms with Crippen LogP contribution in [0.5, 0.6) is 0 Å². The number of pyridine rings is 2. The summed E-state index contributed by atoms with van der Waals surface area (Å²) in [6.45, 7) is 0. The van der Waals surface area contributed by atoms with Crippen molar-refractivity contribution >= 4 is 28.5 Å². The fourth-order valence-corrected chi connectivity index (χ4v) is 1.34. The lowest BCUT2D eigenvalue weighted by molar-refractivity contribution is 1.25. The van der Waals surface area contributed by atoms with Crippen molar-refractivity contribution in [3.8, 4) is 0 Å². The van der Waals surface area contributed by atoms with E-state index in [2.05, 4.69) is 15.4 Å². The molecule has 0 amide bonds.